The van der Waals surface area contributed by atoms with E-state index in [1.807, 2.05) is 59.8 Å². The zero-order valence-electron chi connectivity index (χ0n) is 42.1. The van der Waals surface area contributed by atoms with Crippen LogP contribution in [-0.2, 0) is 0 Å². The summed E-state index contributed by atoms with van der Waals surface area (Å²) < 4.78 is 3.72. The normalized spacial score (nSPS) is 17.0. The molecule has 0 amide bonds. The van der Waals surface area contributed by atoms with Crippen LogP contribution in [0.1, 0.15) is 133 Å². The number of nitrogens with one attached hydrogen (secondary N) is 1. The molecule has 67 heavy (non-hydrogen) atoms. The van der Waals surface area contributed by atoms with Crippen LogP contribution >= 0.6 is 0 Å². The number of rotatable bonds is 9. The molecule has 8 heterocycles. The van der Waals surface area contributed by atoms with Gasteiger partial charge in [-0.2, -0.15) is 10.2 Å². The van der Waals surface area contributed by atoms with Gasteiger partial charge in [0, 0.05) is 101 Å². The Bertz CT molecular complexity index is 2410. The van der Waals surface area contributed by atoms with Crippen molar-refractivity contribution in [1.29, 1.82) is 0 Å². The number of likely N-dealkylation sites (N-methyl/N-ethyl adjacent to an activating group) is 2. The second-order valence-electron chi connectivity index (χ2n) is 18.5. The van der Waals surface area contributed by atoms with Crippen molar-refractivity contribution in [2.75, 3.05) is 67.5 Å². The summed E-state index contributed by atoms with van der Waals surface area (Å²) in [6.07, 6.45) is 21.6. The number of piperidine rings is 1. The third-order valence-corrected chi connectivity index (χ3v) is 14.0. The van der Waals surface area contributed by atoms with E-state index in [2.05, 4.69) is 147 Å². The maximum absolute atomic E-state index is 4.83. The molecule has 1 N–H and O–H groups in total. The Hall–Kier alpha value is -5.52. The highest BCUT2D eigenvalue weighted by Gasteiger charge is 2.23. The predicted octanol–water partition coefficient (Wildman–Crippen LogP) is 11.2. The highest BCUT2D eigenvalue weighted by Crippen LogP contribution is 2.38. The van der Waals surface area contributed by atoms with Crippen molar-refractivity contribution in [3.63, 3.8) is 0 Å². The van der Waals surface area contributed by atoms with Crippen LogP contribution < -0.4 is 5.32 Å². The lowest BCUT2D eigenvalue weighted by molar-refractivity contribution is 0.181. The molecule has 2 aliphatic heterocycles. The van der Waals surface area contributed by atoms with Crippen molar-refractivity contribution >= 4 is 34.3 Å². The molecule has 10 nitrogen and oxygen atoms in total. The van der Waals surface area contributed by atoms with E-state index in [1.165, 1.54) is 102 Å². The van der Waals surface area contributed by atoms with Crippen LogP contribution in [0.15, 0.2) is 99.6 Å². The zero-order valence-corrected chi connectivity index (χ0v) is 42.1. The van der Waals surface area contributed by atoms with E-state index in [1.54, 1.807) is 0 Å². The van der Waals surface area contributed by atoms with Gasteiger partial charge in [0.1, 0.15) is 0 Å². The molecule has 4 fully saturated rings. The summed E-state index contributed by atoms with van der Waals surface area (Å²) in [5, 5.41) is 12.0. The molecule has 10 rings (SSSR count). The van der Waals surface area contributed by atoms with Crippen LogP contribution in [0.5, 0.6) is 0 Å². The Labute approximate surface area is 402 Å². The quantitative estimate of drug-likeness (QED) is 0.154. The second kappa shape index (κ2) is 24.5. The topological polar surface area (TPSA) is 82.1 Å². The van der Waals surface area contributed by atoms with Gasteiger partial charge in [-0.1, -0.05) is 77.3 Å². The van der Waals surface area contributed by atoms with Crippen molar-refractivity contribution in [2.24, 2.45) is 0 Å². The number of likely N-dealkylation sites (tertiary alicyclic amines) is 1. The molecule has 0 aromatic carbocycles. The van der Waals surface area contributed by atoms with Crippen LogP contribution in [0, 0.1) is 13.8 Å². The molecule has 4 aliphatic rings. The molecular weight excluding hydrogens is 825 g/mol. The summed E-state index contributed by atoms with van der Waals surface area (Å²) in [6.45, 7) is 31.9. The van der Waals surface area contributed by atoms with E-state index in [0.29, 0.717) is 11.8 Å². The van der Waals surface area contributed by atoms with Gasteiger partial charge in [-0.3, -0.25) is 9.97 Å². The van der Waals surface area contributed by atoms with Crippen LogP contribution in [0.4, 0.5) is 0 Å². The smallest absolute Gasteiger partial charge is 0.0739 e. The maximum atomic E-state index is 4.83. The number of hydrogen-bond donors (Lipinski definition) is 1. The lowest BCUT2D eigenvalue weighted by Crippen LogP contribution is -2.42. The first-order chi connectivity index (χ1) is 32.5. The molecule has 356 valence electrons. The molecule has 0 unspecified atom stereocenters. The minimum Gasteiger partial charge on any atom is -0.317 e. The first-order valence-electron chi connectivity index (χ1n) is 24.7. The fourth-order valence-corrected chi connectivity index (χ4v) is 8.87. The van der Waals surface area contributed by atoms with Gasteiger partial charge in [0.05, 0.1) is 23.4 Å². The third-order valence-electron chi connectivity index (χ3n) is 14.0. The SMILES string of the molecule is C=Cc1cnn2ccc(C(=C)c3ccc(C4CCC4)nc3C)cc12.C=Cc1cnn2ccc(C(=C)c3ccc(C4CCC4)nc3C)cc12.CC.CN1CCN(C)CC1.CNC1CCN(C)CC1. The van der Waals surface area contributed by atoms with E-state index in [-0.39, 0.29) is 0 Å². The Morgan fingerprint density at radius 2 is 0.970 bits per heavy atom. The number of fused-ring (bicyclic) bond motifs is 2. The van der Waals surface area contributed by atoms with Crippen LogP contribution in [0.25, 0.3) is 34.3 Å². The summed E-state index contributed by atoms with van der Waals surface area (Å²) >= 11 is 0. The molecule has 6 aromatic rings. The lowest BCUT2D eigenvalue weighted by Gasteiger charge is -2.28. The molecule has 2 saturated heterocycles. The van der Waals surface area contributed by atoms with Crippen LogP contribution in [0.2, 0.25) is 0 Å². The Balaban J connectivity index is 0.000000161. The van der Waals surface area contributed by atoms with Gasteiger partial charge in [0.2, 0.25) is 0 Å². The molecule has 0 atom stereocenters. The monoisotopic (exact) mass is 903 g/mol. The fourth-order valence-electron chi connectivity index (χ4n) is 8.87. The van der Waals surface area contributed by atoms with Gasteiger partial charge in [0.25, 0.3) is 0 Å². The predicted molar refractivity (Wildman–Crippen MR) is 284 cm³/mol. The number of piperazine rings is 1. The molecule has 0 bridgehead atoms. The highest BCUT2D eigenvalue weighted by atomic mass is 15.2. The molecule has 2 aliphatic carbocycles. The van der Waals surface area contributed by atoms with E-state index in [9.17, 15) is 0 Å². The van der Waals surface area contributed by atoms with Gasteiger partial charge in [0.15, 0.2) is 0 Å². The number of pyridine rings is 4. The minimum absolute atomic E-state index is 0.657. The van der Waals surface area contributed by atoms with Crippen LogP contribution in [0.3, 0.4) is 0 Å². The number of nitrogens with zero attached hydrogens (tertiary/aromatic N) is 9. The molecule has 2 saturated carbocycles. The van der Waals surface area contributed by atoms with Gasteiger partial charge in [-0.15, -0.1) is 0 Å². The third kappa shape index (κ3) is 12.9. The molecular formula is C57H78N10. The fraction of sp³-hybridized carbons (Fsp3) is 0.439. The number of aromatic nitrogens is 6. The van der Waals surface area contributed by atoms with E-state index < -0.39 is 0 Å². The maximum Gasteiger partial charge on any atom is 0.0739 e. The summed E-state index contributed by atoms with van der Waals surface area (Å²) in [4.78, 5) is 16.8. The number of aryl methyl sites for hydroxylation is 2. The first-order valence-corrected chi connectivity index (χ1v) is 24.7. The van der Waals surface area contributed by atoms with Crippen molar-refractivity contribution in [3.8, 4) is 0 Å². The second-order valence-corrected chi connectivity index (χ2v) is 18.5. The van der Waals surface area contributed by atoms with Gasteiger partial charge in [-0.05, 0) is 152 Å². The van der Waals surface area contributed by atoms with E-state index in [4.69, 9.17) is 9.97 Å². The van der Waals surface area contributed by atoms with Crippen LogP contribution in [-0.4, -0.2) is 117 Å². The van der Waals surface area contributed by atoms with Gasteiger partial charge < -0.3 is 20.0 Å². The van der Waals surface area contributed by atoms with Gasteiger partial charge in [-0.25, -0.2) is 9.03 Å². The summed E-state index contributed by atoms with van der Waals surface area (Å²) in [7, 11) is 8.59. The van der Waals surface area contributed by atoms with E-state index >= 15 is 0 Å². The first kappa shape index (κ1) is 50.9. The standard InChI is InChI=1S/2C21H21N3.C7H16N2.C6H14N2.C2H6/c2*1-4-16-13-22-24-11-10-18(12-21(16)24)14(2)19-8-9-20(23-15(19)3)17-6-5-7-17;1-8-7-3-5-9(2)6-4-7;1-7-3-5-8(2)6-4-7;1-2/h2*4,8-13,17H,1-2,5-7H2,3H3;7-8H,3-6H2,1-2H3;3-6H2,1-2H3;1-2H3. The Morgan fingerprint density at radius 1 is 0.582 bits per heavy atom. The largest absolute Gasteiger partial charge is 0.317 e. The Kier molecular flexibility index (Phi) is 18.6. The molecule has 6 aromatic heterocycles. The highest BCUT2D eigenvalue weighted by molar-refractivity contribution is 5.83. The summed E-state index contributed by atoms with van der Waals surface area (Å²) in [5.74, 6) is 1.31. The lowest BCUT2D eigenvalue weighted by atomic mass is 9.82. The van der Waals surface area contributed by atoms with Crippen molar-refractivity contribution < 1.29 is 0 Å². The van der Waals surface area contributed by atoms with E-state index in [0.717, 1.165) is 73.0 Å². The molecule has 0 radical (unpaired) electrons. The number of hydrogen-bond acceptors (Lipinski definition) is 8. The summed E-state index contributed by atoms with van der Waals surface area (Å²) in [5.41, 5.74) is 15.1. The van der Waals surface area contributed by atoms with Gasteiger partial charge >= 0.3 is 0 Å². The van der Waals surface area contributed by atoms with Crippen molar-refractivity contribution in [3.05, 3.63) is 156 Å². The average molecular weight is 903 g/mol. The van der Waals surface area contributed by atoms with Crippen molar-refractivity contribution in [1.82, 2.24) is 49.2 Å². The molecule has 10 heteroatoms. The average Bonchev–Trinajstić information content (AvgIpc) is 3.93. The zero-order chi connectivity index (χ0) is 48.0. The summed E-state index contributed by atoms with van der Waals surface area (Å²) in [6, 6.07) is 17.8. The minimum atomic E-state index is 0.657. The Morgan fingerprint density at radius 3 is 1.30 bits per heavy atom. The molecule has 0 spiro atoms. The van der Waals surface area contributed by atoms with Crippen molar-refractivity contribution in [2.45, 2.75) is 96.9 Å².